The number of halogens is 2. The molecular formula is C10H19FIN3. The van der Waals surface area contributed by atoms with Gasteiger partial charge >= 0.3 is 0 Å². The largest absolute Gasteiger partial charge is 0.354 e. The van der Waals surface area contributed by atoms with Crippen molar-refractivity contribution in [2.45, 2.75) is 25.8 Å². The first-order valence-electron chi connectivity index (χ1n) is 5.42. The molecule has 1 fully saturated rings. The molecule has 0 radical (unpaired) electrons. The summed E-state index contributed by atoms with van der Waals surface area (Å²) < 4.78 is 12.0. The summed E-state index contributed by atoms with van der Waals surface area (Å²) in [4.78, 5) is 6.73. The molecule has 5 heteroatoms. The molecule has 0 aliphatic carbocycles. The van der Waals surface area contributed by atoms with Gasteiger partial charge in [-0.1, -0.05) is 6.92 Å². The van der Waals surface area contributed by atoms with Crippen LogP contribution in [0.5, 0.6) is 0 Å². The lowest BCUT2D eigenvalue weighted by Gasteiger charge is -2.35. The lowest BCUT2D eigenvalue weighted by atomic mass is 9.95. The SMILES string of the molecule is CC1CCC2CN=C(NCCF)N2C1.I. The van der Waals surface area contributed by atoms with Gasteiger partial charge < -0.3 is 10.2 Å². The van der Waals surface area contributed by atoms with Crippen LogP contribution in [-0.4, -0.2) is 43.2 Å². The van der Waals surface area contributed by atoms with Gasteiger partial charge in [0.25, 0.3) is 0 Å². The van der Waals surface area contributed by atoms with Gasteiger partial charge in [-0.25, -0.2) is 4.39 Å². The van der Waals surface area contributed by atoms with Crippen LogP contribution in [0.25, 0.3) is 0 Å². The van der Waals surface area contributed by atoms with Crippen molar-refractivity contribution in [3.63, 3.8) is 0 Å². The van der Waals surface area contributed by atoms with E-state index in [1.165, 1.54) is 12.8 Å². The highest BCUT2D eigenvalue weighted by molar-refractivity contribution is 14.0. The fourth-order valence-electron chi connectivity index (χ4n) is 2.26. The van der Waals surface area contributed by atoms with Crippen LogP contribution in [0, 0.1) is 5.92 Å². The molecular weight excluding hydrogens is 308 g/mol. The highest BCUT2D eigenvalue weighted by Gasteiger charge is 2.32. The highest BCUT2D eigenvalue weighted by Crippen LogP contribution is 2.24. The maximum Gasteiger partial charge on any atom is 0.194 e. The van der Waals surface area contributed by atoms with Crippen molar-refractivity contribution in [3.05, 3.63) is 0 Å². The minimum absolute atomic E-state index is 0. The van der Waals surface area contributed by atoms with Gasteiger partial charge in [-0.2, -0.15) is 0 Å². The summed E-state index contributed by atoms with van der Waals surface area (Å²) in [5.74, 6) is 1.65. The Kier molecular flexibility index (Phi) is 5.08. The Labute approximate surface area is 108 Å². The summed E-state index contributed by atoms with van der Waals surface area (Å²) >= 11 is 0. The molecule has 2 aliphatic rings. The van der Waals surface area contributed by atoms with Gasteiger partial charge in [0, 0.05) is 13.1 Å². The molecule has 3 nitrogen and oxygen atoms in total. The smallest absolute Gasteiger partial charge is 0.194 e. The maximum absolute atomic E-state index is 12.0. The van der Waals surface area contributed by atoms with E-state index >= 15 is 0 Å². The number of hydrogen-bond acceptors (Lipinski definition) is 3. The predicted octanol–water partition coefficient (Wildman–Crippen LogP) is 1.63. The van der Waals surface area contributed by atoms with E-state index in [0.717, 1.165) is 25.0 Å². The molecule has 1 N–H and O–H groups in total. The lowest BCUT2D eigenvalue weighted by Crippen LogP contribution is -2.48. The number of alkyl halides is 1. The van der Waals surface area contributed by atoms with Crippen molar-refractivity contribution in [1.82, 2.24) is 10.2 Å². The second-order valence-corrected chi connectivity index (χ2v) is 4.27. The van der Waals surface area contributed by atoms with Gasteiger partial charge in [0.1, 0.15) is 6.67 Å². The number of guanidine groups is 1. The lowest BCUT2D eigenvalue weighted by molar-refractivity contribution is 0.210. The number of piperidine rings is 1. The molecule has 0 aromatic carbocycles. The number of fused-ring (bicyclic) bond motifs is 1. The van der Waals surface area contributed by atoms with E-state index in [4.69, 9.17) is 0 Å². The van der Waals surface area contributed by atoms with Crippen LogP contribution in [0.2, 0.25) is 0 Å². The van der Waals surface area contributed by atoms with Gasteiger partial charge in [-0.05, 0) is 18.8 Å². The average molecular weight is 327 g/mol. The van der Waals surface area contributed by atoms with Crippen molar-refractivity contribution in [2.24, 2.45) is 10.9 Å². The van der Waals surface area contributed by atoms with Gasteiger partial charge in [0.05, 0.1) is 12.6 Å². The third kappa shape index (κ3) is 2.95. The molecule has 2 unspecified atom stereocenters. The molecule has 2 heterocycles. The van der Waals surface area contributed by atoms with E-state index in [-0.39, 0.29) is 30.7 Å². The maximum atomic E-state index is 12.0. The van der Waals surface area contributed by atoms with Crippen LogP contribution >= 0.6 is 24.0 Å². The zero-order valence-corrected chi connectivity index (χ0v) is 11.4. The quantitative estimate of drug-likeness (QED) is 0.781. The fourth-order valence-corrected chi connectivity index (χ4v) is 2.26. The van der Waals surface area contributed by atoms with Crippen molar-refractivity contribution >= 4 is 29.9 Å². The van der Waals surface area contributed by atoms with Crippen LogP contribution in [0.1, 0.15) is 19.8 Å². The van der Waals surface area contributed by atoms with E-state index in [9.17, 15) is 4.39 Å². The molecule has 0 aromatic rings. The molecule has 0 amide bonds. The van der Waals surface area contributed by atoms with Crippen LogP contribution in [0.15, 0.2) is 4.99 Å². The Hall–Kier alpha value is -0.0700. The van der Waals surface area contributed by atoms with E-state index in [1.807, 2.05) is 0 Å². The Morgan fingerprint density at radius 3 is 3.07 bits per heavy atom. The van der Waals surface area contributed by atoms with Crippen molar-refractivity contribution in [1.29, 1.82) is 0 Å². The van der Waals surface area contributed by atoms with Crippen molar-refractivity contribution in [3.8, 4) is 0 Å². The summed E-state index contributed by atoms with van der Waals surface area (Å²) in [6, 6.07) is 0.577. The summed E-state index contributed by atoms with van der Waals surface area (Å²) in [7, 11) is 0. The van der Waals surface area contributed by atoms with Gasteiger partial charge in [-0.15, -0.1) is 24.0 Å². The molecule has 0 saturated carbocycles. The van der Waals surface area contributed by atoms with Crippen molar-refractivity contribution < 1.29 is 4.39 Å². The van der Waals surface area contributed by atoms with Crippen LogP contribution in [-0.2, 0) is 0 Å². The first kappa shape index (κ1) is 13.0. The minimum atomic E-state index is -0.326. The van der Waals surface area contributed by atoms with E-state index < -0.39 is 0 Å². The van der Waals surface area contributed by atoms with E-state index in [2.05, 4.69) is 22.1 Å². The Morgan fingerprint density at radius 1 is 1.53 bits per heavy atom. The van der Waals surface area contributed by atoms with Crippen LogP contribution < -0.4 is 5.32 Å². The van der Waals surface area contributed by atoms with Crippen LogP contribution in [0.4, 0.5) is 4.39 Å². The molecule has 2 rings (SSSR count). The molecule has 1 saturated heterocycles. The third-order valence-electron chi connectivity index (χ3n) is 3.04. The van der Waals surface area contributed by atoms with Crippen LogP contribution in [0.3, 0.4) is 0 Å². The minimum Gasteiger partial charge on any atom is -0.354 e. The number of nitrogens with zero attached hydrogens (tertiary/aromatic N) is 2. The third-order valence-corrected chi connectivity index (χ3v) is 3.04. The van der Waals surface area contributed by atoms with Gasteiger partial charge in [0.2, 0.25) is 0 Å². The number of hydrogen-bond donors (Lipinski definition) is 1. The standard InChI is InChI=1S/C10H18FN3.HI/c1-8-2-3-9-6-13-10(12-5-4-11)14(9)7-8;/h8-9H,2-7H2,1H3,(H,12,13);1H. The second kappa shape index (κ2) is 5.86. The topological polar surface area (TPSA) is 27.6 Å². The zero-order chi connectivity index (χ0) is 9.97. The predicted molar refractivity (Wildman–Crippen MR) is 70.6 cm³/mol. The average Bonchev–Trinajstić information content (AvgIpc) is 2.57. The van der Waals surface area contributed by atoms with Crippen molar-refractivity contribution in [2.75, 3.05) is 26.3 Å². The summed E-state index contributed by atoms with van der Waals surface area (Å²) in [5.41, 5.74) is 0. The van der Waals surface area contributed by atoms with E-state index in [1.54, 1.807) is 0 Å². The fraction of sp³-hybridized carbons (Fsp3) is 0.900. The first-order valence-corrected chi connectivity index (χ1v) is 5.42. The summed E-state index contributed by atoms with van der Waals surface area (Å²) in [6.45, 7) is 4.29. The first-order chi connectivity index (χ1) is 6.81. The molecule has 88 valence electrons. The number of aliphatic imine (C=N–C) groups is 1. The molecule has 15 heavy (non-hydrogen) atoms. The second-order valence-electron chi connectivity index (χ2n) is 4.27. The van der Waals surface area contributed by atoms with Gasteiger partial charge in [-0.3, -0.25) is 4.99 Å². The molecule has 0 bridgehead atoms. The molecule has 0 spiro atoms. The Morgan fingerprint density at radius 2 is 2.33 bits per heavy atom. The molecule has 0 aromatic heterocycles. The number of nitrogens with one attached hydrogen (secondary N) is 1. The Bertz CT molecular complexity index is 235. The monoisotopic (exact) mass is 327 g/mol. The highest BCUT2D eigenvalue weighted by atomic mass is 127. The Balaban J connectivity index is 0.00000112. The summed E-state index contributed by atoms with van der Waals surface area (Å²) in [6.07, 6.45) is 2.53. The zero-order valence-electron chi connectivity index (χ0n) is 9.08. The summed E-state index contributed by atoms with van der Waals surface area (Å²) in [5, 5.41) is 3.05. The van der Waals surface area contributed by atoms with Gasteiger partial charge in [0.15, 0.2) is 5.96 Å². The molecule has 2 aliphatic heterocycles. The molecule has 2 atom stereocenters. The normalized spacial score (nSPS) is 29.2. The number of rotatable bonds is 2. The van der Waals surface area contributed by atoms with E-state index in [0.29, 0.717) is 12.6 Å².